The zero-order chi connectivity index (χ0) is 11.6. The van der Waals surface area contributed by atoms with Gasteiger partial charge in [-0.05, 0) is 5.56 Å². The third-order valence-corrected chi connectivity index (χ3v) is 2.74. The molecule has 1 aromatic rings. The summed E-state index contributed by atoms with van der Waals surface area (Å²) < 4.78 is 26.3. The van der Waals surface area contributed by atoms with Gasteiger partial charge in [0.05, 0.1) is 12.6 Å². The van der Waals surface area contributed by atoms with Gasteiger partial charge in [-0.15, -0.1) is 0 Å². The van der Waals surface area contributed by atoms with Crippen molar-refractivity contribution >= 4 is 0 Å². The lowest BCUT2D eigenvalue weighted by Gasteiger charge is -2.18. The molecule has 84 valence electrons. The molecule has 1 saturated heterocycles. The Kier molecular flexibility index (Phi) is 2.88. The Morgan fingerprint density at radius 2 is 2.06 bits per heavy atom. The first-order valence-corrected chi connectivity index (χ1v) is 5.16. The number of likely N-dealkylation sites (tertiary alicyclic amines) is 1. The number of nitriles is 1. The fourth-order valence-corrected chi connectivity index (χ4v) is 2.00. The van der Waals surface area contributed by atoms with E-state index in [4.69, 9.17) is 5.26 Å². The lowest BCUT2D eigenvalue weighted by Crippen LogP contribution is -2.29. The van der Waals surface area contributed by atoms with Gasteiger partial charge in [-0.3, -0.25) is 4.90 Å². The molecule has 1 atom stereocenters. The van der Waals surface area contributed by atoms with Gasteiger partial charge in [-0.25, -0.2) is 8.78 Å². The minimum Gasteiger partial charge on any atom is -0.278 e. The minimum atomic E-state index is -2.73. The lowest BCUT2D eigenvalue weighted by molar-refractivity contribution is 0.0114. The zero-order valence-corrected chi connectivity index (χ0v) is 8.74. The van der Waals surface area contributed by atoms with Gasteiger partial charge in [0, 0.05) is 13.0 Å². The van der Waals surface area contributed by atoms with Gasteiger partial charge >= 0.3 is 0 Å². The minimum absolute atomic E-state index is 0.319. The largest absolute Gasteiger partial charge is 0.278 e. The van der Waals surface area contributed by atoms with E-state index in [1.165, 1.54) is 4.90 Å². The maximum absolute atomic E-state index is 13.1. The molecule has 0 spiro atoms. The van der Waals surface area contributed by atoms with E-state index in [1.807, 2.05) is 36.4 Å². The van der Waals surface area contributed by atoms with Crippen molar-refractivity contribution in [3.63, 3.8) is 0 Å². The first-order valence-electron chi connectivity index (χ1n) is 5.16. The standard InChI is InChI=1S/C12H12F2N2/c13-12(14)6-11(7-15)16(9-12)8-10-4-2-1-3-5-10/h1-5,11H,6,8-9H2/t11-/m0/s1. The third-order valence-electron chi connectivity index (χ3n) is 2.74. The molecule has 1 aromatic carbocycles. The normalized spacial score (nSPS) is 24.2. The quantitative estimate of drug-likeness (QED) is 0.768. The van der Waals surface area contributed by atoms with Crippen molar-refractivity contribution in [3.8, 4) is 6.07 Å². The van der Waals surface area contributed by atoms with Crippen LogP contribution in [0.5, 0.6) is 0 Å². The number of rotatable bonds is 2. The van der Waals surface area contributed by atoms with Crippen molar-refractivity contribution in [2.75, 3.05) is 6.54 Å². The highest BCUT2D eigenvalue weighted by Gasteiger charge is 2.44. The molecule has 1 aliphatic rings. The molecule has 0 aliphatic carbocycles. The van der Waals surface area contributed by atoms with E-state index in [2.05, 4.69) is 0 Å². The van der Waals surface area contributed by atoms with Crippen LogP contribution >= 0.6 is 0 Å². The molecular weight excluding hydrogens is 210 g/mol. The highest BCUT2D eigenvalue weighted by atomic mass is 19.3. The van der Waals surface area contributed by atoms with Gasteiger partial charge in [-0.1, -0.05) is 30.3 Å². The number of hydrogen-bond donors (Lipinski definition) is 0. The summed E-state index contributed by atoms with van der Waals surface area (Å²) in [5.41, 5.74) is 0.959. The predicted molar refractivity (Wildman–Crippen MR) is 55.8 cm³/mol. The van der Waals surface area contributed by atoms with Crippen molar-refractivity contribution in [2.24, 2.45) is 0 Å². The second kappa shape index (κ2) is 4.18. The second-order valence-corrected chi connectivity index (χ2v) is 4.10. The van der Waals surface area contributed by atoms with E-state index in [9.17, 15) is 8.78 Å². The van der Waals surface area contributed by atoms with Gasteiger partial charge in [0.15, 0.2) is 0 Å². The SMILES string of the molecule is N#C[C@@H]1CC(F)(F)CN1Cc1ccccc1. The van der Waals surface area contributed by atoms with Gasteiger partial charge in [0.25, 0.3) is 5.92 Å². The van der Waals surface area contributed by atoms with Crippen molar-refractivity contribution in [2.45, 2.75) is 24.9 Å². The fourth-order valence-electron chi connectivity index (χ4n) is 2.00. The van der Waals surface area contributed by atoms with Crippen molar-refractivity contribution < 1.29 is 8.78 Å². The summed E-state index contributed by atoms with van der Waals surface area (Å²) in [6, 6.07) is 10.6. The summed E-state index contributed by atoms with van der Waals surface area (Å²) in [5.74, 6) is -2.73. The molecule has 0 amide bonds. The Morgan fingerprint density at radius 3 is 2.69 bits per heavy atom. The maximum Gasteiger partial charge on any atom is 0.263 e. The molecule has 0 saturated carbocycles. The molecule has 0 bridgehead atoms. The van der Waals surface area contributed by atoms with E-state index < -0.39 is 12.0 Å². The Morgan fingerprint density at radius 1 is 1.38 bits per heavy atom. The van der Waals surface area contributed by atoms with E-state index in [0.29, 0.717) is 6.54 Å². The van der Waals surface area contributed by atoms with Gasteiger partial charge < -0.3 is 0 Å². The monoisotopic (exact) mass is 222 g/mol. The van der Waals surface area contributed by atoms with Crippen LogP contribution in [0, 0.1) is 11.3 Å². The van der Waals surface area contributed by atoms with Crippen molar-refractivity contribution in [3.05, 3.63) is 35.9 Å². The number of hydrogen-bond acceptors (Lipinski definition) is 2. The van der Waals surface area contributed by atoms with Crippen LogP contribution in [0.15, 0.2) is 30.3 Å². The zero-order valence-electron chi connectivity index (χ0n) is 8.74. The summed E-state index contributed by atoms with van der Waals surface area (Å²) in [6.07, 6.45) is -0.351. The van der Waals surface area contributed by atoms with Gasteiger partial charge in [0.1, 0.15) is 6.04 Å². The molecule has 0 aromatic heterocycles. The maximum atomic E-state index is 13.1. The van der Waals surface area contributed by atoms with Crippen molar-refractivity contribution in [1.29, 1.82) is 5.26 Å². The first kappa shape index (κ1) is 11.0. The summed E-state index contributed by atoms with van der Waals surface area (Å²) in [5, 5.41) is 8.82. The Balaban J connectivity index is 2.08. The Bertz CT molecular complexity index is 397. The van der Waals surface area contributed by atoms with Crippen LogP contribution in [-0.2, 0) is 6.54 Å². The summed E-state index contributed by atoms with van der Waals surface area (Å²) in [4.78, 5) is 1.54. The molecule has 16 heavy (non-hydrogen) atoms. The van der Waals surface area contributed by atoms with Crippen LogP contribution in [-0.4, -0.2) is 23.4 Å². The van der Waals surface area contributed by atoms with Crippen LogP contribution in [0.1, 0.15) is 12.0 Å². The second-order valence-electron chi connectivity index (χ2n) is 4.10. The van der Waals surface area contributed by atoms with E-state index >= 15 is 0 Å². The average Bonchev–Trinajstić information content (AvgIpc) is 2.54. The molecule has 2 nitrogen and oxygen atoms in total. The molecule has 0 unspecified atom stereocenters. The molecule has 4 heteroatoms. The summed E-state index contributed by atoms with van der Waals surface area (Å²) >= 11 is 0. The Labute approximate surface area is 93.1 Å². The van der Waals surface area contributed by atoms with Crippen LogP contribution in [0.25, 0.3) is 0 Å². The van der Waals surface area contributed by atoms with Gasteiger partial charge in [0.2, 0.25) is 0 Å². The fraction of sp³-hybridized carbons (Fsp3) is 0.417. The topological polar surface area (TPSA) is 27.0 Å². The smallest absolute Gasteiger partial charge is 0.263 e. The lowest BCUT2D eigenvalue weighted by atomic mass is 10.2. The first-order chi connectivity index (χ1) is 7.61. The van der Waals surface area contributed by atoms with Crippen LogP contribution < -0.4 is 0 Å². The van der Waals surface area contributed by atoms with E-state index in [1.54, 1.807) is 0 Å². The average molecular weight is 222 g/mol. The van der Waals surface area contributed by atoms with Crippen molar-refractivity contribution in [1.82, 2.24) is 4.90 Å². The predicted octanol–water partition coefficient (Wildman–Crippen LogP) is 2.42. The van der Waals surface area contributed by atoms with Crippen LogP contribution in [0.2, 0.25) is 0 Å². The summed E-state index contributed by atoms with van der Waals surface area (Å²) in [7, 11) is 0. The van der Waals surface area contributed by atoms with Crippen LogP contribution in [0.3, 0.4) is 0 Å². The molecule has 2 rings (SSSR count). The van der Waals surface area contributed by atoms with E-state index in [0.717, 1.165) is 5.56 Å². The number of alkyl halides is 2. The molecule has 1 aliphatic heterocycles. The number of halogens is 2. The summed E-state index contributed by atoms with van der Waals surface area (Å²) in [6.45, 7) is 0.0920. The third kappa shape index (κ3) is 2.37. The molecule has 1 heterocycles. The molecular formula is C12H12F2N2. The molecule has 0 N–H and O–H groups in total. The Hall–Kier alpha value is -1.47. The number of benzene rings is 1. The van der Waals surface area contributed by atoms with E-state index in [-0.39, 0.29) is 13.0 Å². The molecule has 1 fully saturated rings. The molecule has 0 radical (unpaired) electrons. The van der Waals surface area contributed by atoms with Gasteiger partial charge in [-0.2, -0.15) is 5.26 Å². The highest BCUT2D eigenvalue weighted by molar-refractivity contribution is 5.16. The van der Waals surface area contributed by atoms with Crippen LogP contribution in [0.4, 0.5) is 8.78 Å². The highest BCUT2D eigenvalue weighted by Crippen LogP contribution is 2.32. The number of nitrogens with zero attached hydrogens (tertiary/aromatic N) is 2.